The van der Waals surface area contributed by atoms with E-state index < -0.39 is 36.2 Å². The van der Waals surface area contributed by atoms with Gasteiger partial charge in [-0.05, 0) is 55.9 Å². The van der Waals surface area contributed by atoms with Crippen molar-refractivity contribution in [3.63, 3.8) is 0 Å². The predicted octanol–water partition coefficient (Wildman–Crippen LogP) is 5.72. The van der Waals surface area contributed by atoms with Crippen molar-refractivity contribution in [2.45, 2.75) is 30.7 Å². The van der Waals surface area contributed by atoms with E-state index in [-0.39, 0.29) is 38.0 Å². The number of ether oxygens (including phenoxy) is 4. The van der Waals surface area contributed by atoms with E-state index in [9.17, 15) is 19.8 Å². The molecule has 1 aliphatic rings. The van der Waals surface area contributed by atoms with Gasteiger partial charge in [0.25, 0.3) is 0 Å². The largest absolute Gasteiger partial charge is 0.490 e. The van der Waals surface area contributed by atoms with Crippen molar-refractivity contribution in [3.8, 4) is 23.0 Å². The Morgan fingerprint density at radius 3 is 1.34 bits per heavy atom. The first kappa shape index (κ1) is 37.0. The number of carboxylic acids is 2. The third-order valence-corrected chi connectivity index (χ3v) is 7.29. The van der Waals surface area contributed by atoms with Crippen LogP contribution >= 0.6 is 24.8 Å². The molecule has 12 heteroatoms. The fourth-order valence-electron chi connectivity index (χ4n) is 5.22. The van der Waals surface area contributed by atoms with Crippen LogP contribution in [-0.4, -0.2) is 60.7 Å². The molecule has 0 fully saturated rings. The number of nitrogens with one attached hydrogen (secondary N) is 2. The van der Waals surface area contributed by atoms with E-state index in [1.807, 2.05) is 48.5 Å². The zero-order valence-corrected chi connectivity index (χ0v) is 27.0. The molecule has 0 aromatic heterocycles. The first-order valence-corrected chi connectivity index (χ1v) is 14.8. The summed E-state index contributed by atoms with van der Waals surface area (Å²) in [6, 6.07) is 30.6. The van der Waals surface area contributed by atoms with Gasteiger partial charge >= 0.3 is 11.9 Å². The molecular formula is C35H38Cl2N2O8. The molecule has 1 heterocycles. The third-order valence-electron chi connectivity index (χ3n) is 7.29. The average Bonchev–Trinajstić information content (AvgIpc) is 3.06. The molecule has 4 aromatic rings. The van der Waals surface area contributed by atoms with Crippen LogP contribution in [0.25, 0.3) is 0 Å². The molecule has 1 aliphatic heterocycles. The van der Waals surface area contributed by atoms with Crippen LogP contribution in [-0.2, 0) is 9.59 Å². The van der Waals surface area contributed by atoms with Gasteiger partial charge in [-0.2, -0.15) is 0 Å². The van der Waals surface area contributed by atoms with E-state index in [4.69, 9.17) is 18.9 Å². The van der Waals surface area contributed by atoms with Crippen molar-refractivity contribution in [2.75, 3.05) is 26.3 Å². The van der Waals surface area contributed by atoms with Crippen LogP contribution in [0.5, 0.6) is 23.0 Å². The molecule has 0 saturated heterocycles. The SMILES string of the molecule is Cl.Cl.O=C(O)[C@@H](Oc1ccccc1)[C@@H]1NCCCN[C@H]([C@@H](Oc2ccccc2)C(=O)O)c2ccccc2OCCOc2ccccc21. The first-order valence-electron chi connectivity index (χ1n) is 14.8. The fraction of sp³-hybridized carbons (Fsp3) is 0.257. The number of benzene rings is 4. The van der Waals surface area contributed by atoms with Crippen molar-refractivity contribution in [2.24, 2.45) is 0 Å². The summed E-state index contributed by atoms with van der Waals surface area (Å²) >= 11 is 0. The molecule has 0 radical (unpaired) electrons. The lowest BCUT2D eigenvalue weighted by atomic mass is 9.99. The number of fused-ring (bicyclic) bond motifs is 2. The number of carboxylic acid groups (broad SMARTS) is 2. The van der Waals surface area contributed by atoms with Crippen LogP contribution < -0.4 is 29.6 Å². The number of hydrogen-bond acceptors (Lipinski definition) is 8. The van der Waals surface area contributed by atoms with E-state index in [0.717, 1.165) is 0 Å². The molecule has 5 rings (SSSR count). The number of hydrogen-bond donors (Lipinski definition) is 4. The third kappa shape index (κ3) is 10.0. The van der Waals surface area contributed by atoms with Crippen molar-refractivity contribution in [3.05, 3.63) is 120 Å². The number of carbonyl (C=O) groups is 2. The minimum Gasteiger partial charge on any atom is -0.490 e. The van der Waals surface area contributed by atoms with Gasteiger partial charge in [0, 0.05) is 11.1 Å². The molecule has 0 bridgehead atoms. The van der Waals surface area contributed by atoms with Crippen LogP contribution in [0.15, 0.2) is 109 Å². The second-order valence-corrected chi connectivity index (χ2v) is 10.4. The van der Waals surface area contributed by atoms with Gasteiger partial charge in [0.05, 0.1) is 12.1 Å². The average molecular weight is 686 g/mol. The predicted molar refractivity (Wildman–Crippen MR) is 181 cm³/mol. The monoisotopic (exact) mass is 684 g/mol. The quantitative estimate of drug-likeness (QED) is 0.183. The van der Waals surface area contributed by atoms with Gasteiger partial charge in [-0.25, -0.2) is 9.59 Å². The Labute approximate surface area is 285 Å². The molecule has 0 aliphatic carbocycles. The van der Waals surface area contributed by atoms with Gasteiger partial charge in [-0.15, -0.1) is 24.8 Å². The Kier molecular flexibility index (Phi) is 14.6. The molecule has 0 spiro atoms. The topological polar surface area (TPSA) is 136 Å². The Morgan fingerprint density at radius 1 is 0.596 bits per heavy atom. The molecule has 47 heavy (non-hydrogen) atoms. The summed E-state index contributed by atoms with van der Waals surface area (Å²) in [6.45, 7) is 1.07. The number of rotatable bonds is 8. The van der Waals surface area contributed by atoms with Crippen LogP contribution in [0.1, 0.15) is 29.6 Å². The van der Waals surface area contributed by atoms with Crippen LogP contribution in [0.4, 0.5) is 0 Å². The smallest absolute Gasteiger partial charge is 0.346 e. The summed E-state index contributed by atoms with van der Waals surface area (Å²) in [5.41, 5.74) is 1.26. The summed E-state index contributed by atoms with van der Waals surface area (Å²) in [6.07, 6.45) is -2.02. The highest BCUT2D eigenvalue weighted by molar-refractivity contribution is 5.85. The van der Waals surface area contributed by atoms with Crippen LogP contribution in [0.3, 0.4) is 0 Å². The highest BCUT2D eigenvalue weighted by atomic mass is 35.5. The molecule has 4 N–H and O–H groups in total. The van der Waals surface area contributed by atoms with Gasteiger partial charge in [-0.1, -0.05) is 72.8 Å². The Hall–Kier alpha value is -4.48. The van der Waals surface area contributed by atoms with Crippen LogP contribution in [0, 0.1) is 0 Å². The van der Waals surface area contributed by atoms with Crippen LogP contribution in [0.2, 0.25) is 0 Å². The summed E-state index contributed by atoms with van der Waals surface area (Å²) in [4.78, 5) is 25.2. The van der Waals surface area contributed by atoms with Crippen molar-refractivity contribution in [1.29, 1.82) is 0 Å². The van der Waals surface area contributed by atoms with E-state index in [2.05, 4.69) is 10.6 Å². The lowest BCUT2D eigenvalue weighted by Gasteiger charge is -2.28. The molecule has 4 aromatic carbocycles. The normalized spacial score (nSPS) is 17.8. The lowest BCUT2D eigenvalue weighted by Crippen LogP contribution is -2.43. The molecule has 0 unspecified atom stereocenters. The molecule has 10 nitrogen and oxygen atoms in total. The second-order valence-electron chi connectivity index (χ2n) is 10.4. The number of halogens is 2. The van der Waals surface area contributed by atoms with Crippen molar-refractivity contribution < 1.29 is 38.7 Å². The molecule has 4 atom stereocenters. The minimum absolute atomic E-state index is 0. The van der Waals surface area contributed by atoms with Gasteiger partial charge < -0.3 is 39.8 Å². The molecular weight excluding hydrogens is 647 g/mol. The summed E-state index contributed by atoms with van der Waals surface area (Å²) in [7, 11) is 0. The Bertz CT molecular complexity index is 1430. The standard InChI is InChI=1S/C35H36N2O8.2ClH/c38-34(39)32(44-24-12-3-1-4-13-24)30-26-16-7-9-18-28(26)42-22-23-43-29-19-10-8-17-27(29)31(37-21-11-20-36-30)33(35(40)41)45-25-14-5-2-6-15-25;;/h1-10,12-19,30-33,36-37H,11,20-23H2,(H,38,39)(H,40,41);2*1H/t30-,31+,32+,33-;;. The Balaban J connectivity index is 0.00000300. The van der Waals surface area contributed by atoms with Crippen molar-refractivity contribution in [1.82, 2.24) is 10.6 Å². The summed E-state index contributed by atoms with van der Waals surface area (Å²) < 4.78 is 24.3. The van der Waals surface area contributed by atoms with E-state index in [0.29, 0.717) is 53.6 Å². The maximum absolute atomic E-state index is 12.6. The van der Waals surface area contributed by atoms with Crippen molar-refractivity contribution >= 4 is 36.8 Å². The zero-order chi connectivity index (χ0) is 31.4. The van der Waals surface area contributed by atoms with Gasteiger partial charge in [0.15, 0.2) is 0 Å². The highest BCUT2D eigenvalue weighted by Crippen LogP contribution is 2.32. The number of aliphatic carboxylic acids is 2. The van der Waals surface area contributed by atoms with E-state index >= 15 is 0 Å². The second kappa shape index (κ2) is 18.6. The maximum Gasteiger partial charge on any atom is 0.346 e. The molecule has 0 amide bonds. The Morgan fingerprint density at radius 2 is 0.957 bits per heavy atom. The first-order chi connectivity index (χ1) is 22.0. The number of para-hydroxylation sites is 4. The van der Waals surface area contributed by atoms with Gasteiger partial charge in [-0.3, -0.25) is 0 Å². The molecule has 0 saturated carbocycles. The molecule has 250 valence electrons. The van der Waals surface area contributed by atoms with Gasteiger partial charge in [0.2, 0.25) is 12.2 Å². The lowest BCUT2D eigenvalue weighted by molar-refractivity contribution is -0.147. The van der Waals surface area contributed by atoms with E-state index in [1.54, 1.807) is 60.7 Å². The highest BCUT2D eigenvalue weighted by Gasteiger charge is 2.35. The van der Waals surface area contributed by atoms with E-state index in [1.165, 1.54) is 0 Å². The summed E-state index contributed by atoms with van der Waals surface area (Å²) in [5.74, 6) is -0.415. The minimum atomic E-state index is -1.27. The maximum atomic E-state index is 12.6. The van der Waals surface area contributed by atoms with Gasteiger partial charge in [0.1, 0.15) is 36.2 Å². The summed E-state index contributed by atoms with van der Waals surface area (Å²) in [5, 5.41) is 27.3. The fourth-order valence-corrected chi connectivity index (χ4v) is 5.22. The zero-order valence-electron chi connectivity index (χ0n) is 25.4.